The maximum atomic E-state index is 10.4. The van der Waals surface area contributed by atoms with Crippen LogP contribution >= 0.6 is 11.8 Å². The van der Waals surface area contributed by atoms with Crippen molar-refractivity contribution in [2.24, 2.45) is 0 Å². The zero-order chi connectivity index (χ0) is 16.4. The Balaban J connectivity index is 2.10. The molecule has 2 N–H and O–H groups in total. The molecule has 1 heterocycles. The Morgan fingerprint density at radius 1 is 1.41 bits per heavy atom. The molecule has 0 aliphatic carbocycles. The molecule has 1 unspecified atom stereocenters. The molecule has 0 aliphatic rings. The molecule has 0 saturated carbocycles. The standard InChI is InChI=1S/C14H26N4O3S/c1-15-14(10-18(19)20)16-7-4-8-22-11-13-6-5-12(21-13)9-17(2)3/h5-6,14-16H,4,7-11H2,1-3H3. The first-order valence-electron chi connectivity index (χ1n) is 7.33. The average molecular weight is 330 g/mol. The predicted molar refractivity (Wildman–Crippen MR) is 89.6 cm³/mol. The second kappa shape index (κ2) is 10.6. The monoisotopic (exact) mass is 330 g/mol. The Hall–Kier alpha value is -1.09. The van der Waals surface area contributed by atoms with Crippen molar-refractivity contribution in [3.63, 3.8) is 0 Å². The molecule has 0 fully saturated rings. The largest absolute Gasteiger partial charge is 0.464 e. The van der Waals surface area contributed by atoms with Crippen LogP contribution in [-0.4, -0.2) is 56.0 Å². The molecule has 0 aromatic carbocycles. The van der Waals surface area contributed by atoms with Crippen LogP contribution in [0.5, 0.6) is 0 Å². The maximum Gasteiger partial charge on any atom is 0.231 e. The minimum atomic E-state index is -0.314. The number of thioether (sulfide) groups is 1. The van der Waals surface area contributed by atoms with E-state index in [9.17, 15) is 10.1 Å². The van der Waals surface area contributed by atoms with Gasteiger partial charge in [0.15, 0.2) is 0 Å². The van der Waals surface area contributed by atoms with Crippen molar-refractivity contribution in [2.75, 3.05) is 40.0 Å². The van der Waals surface area contributed by atoms with E-state index in [0.29, 0.717) is 0 Å². The normalized spacial score (nSPS) is 12.7. The molecule has 0 spiro atoms. The van der Waals surface area contributed by atoms with Crippen molar-refractivity contribution >= 4 is 11.8 Å². The van der Waals surface area contributed by atoms with E-state index in [0.717, 1.165) is 42.5 Å². The van der Waals surface area contributed by atoms with E-state index in [-0.39, 0.29) is 17.6 Å². The molecule has 8 heteroatoms. The minimum Gasteiger partial charge on any atom is -0.464 e. The molecule has 126 valence electrons. The summed E-state index contributed by atoms with van der Waals surface area (Å²) in [6, 6.07) is 4.05. The van der Waals surface area contributed by atoms with Gasteiger partial charge >= 0.3 is 0 Å². The molecule has 1 aromatic rings. The van der Waals surface area contributed by atoms with Gasteiger partial charge in [-0.1, -0.05) is 0 Å². The topological polar surface area (TPSA) is 83.6 Å². The van der Waals surface area contributed by atoms with Crippen molar-refractivity contribution in [1.29, 1.82) is 0 Å². The zero-order valence-corrected chi connectivity index (χ0v) is 14.3. The smallest absolute Gasteiger partial charge is 0.231 e. The Bertz CT molecular complexity index is 439. The summed E-state index contributed by atoms with van der Waals surface area (Å²) in [7, 11) is 5.75. The van der Waals surface area contributed by atoms with Crippen molar-refractivity contribution in [3.05, 3.63) is 33.8 Å². The van der Waals surface area contributed by atoms with Gasteiger partial charge in [0.25, 0.3) is 0 Å². The van der Waals surface area contributed by atoms with Gasteiger partial charge in [-0.15, -0.1) is 0 Å². The van der Waals surface area contributed by atoms with Crippen molar-refractivity contribution in [2.45, 2.75) is 24.9 Å². The zero-order valence-electron chi connectivity index (χ0n) is 13.5. The molecular formula is C14H26N4O3S. The van der Waals surface area contributed by atoms with Gasteiger partial charge in [0.05, 0.1) is 12.3 Å². The summed E-state index contributed by atoms with van der Waals surface area (Å²) < 4.78 is 5.74. The molecule has 1 rings (SSSR count). The van der Waals surface area contributed by atoms with Gasteiger partial charge in [0, 0.05) is 4.92 Å². The predicted octanol–water partition coefficient (Wildman–Crippen LogP) is 1.38. The molecule has 0 radical (unpaired) electrons. The molecule has 1 aromatic heterocycles. The Labute approximate surface area is 136 Å². The summed E-state index contributed by atoms with van der Waals surface area (Å²) in [5, 5.41) is 16.5. The number of hydrogen-bond donors (Lipinski definition) is 2. The third kappa shape index (κ3) is 8.38. The number of nitrogens with one attached hydrogen (secondary N) is 2. The third-order valence-electron chi connectivity index (χ3n) is 2.97. The molecule has 22 heavy (non-hydrogen) atoms. The van der Waals surface area contributed by atoms with Crippen molar-refractivity contribution < 1.29 is 9.34 Å². The third-order valence-corrected chi connectivity index (χ3v) is 4.04. The van der Waals surface area contributed by atoms with Crippen LogP contribution in [-0.2, 0) is 12.3 Å². The SMILES string of the molecule is CNC(C[N+](=O)[O-])NCCCSCc1ccc(CN(C)C)o1. The molecule has 0 aliphatic heterocycles. The summed E-state index contributed by atoms with van der Waals surface area (Å²) in [4.78, 5) is 12.2. The van der Waals surface area contributed by atoms with E-state index >= 15 is 0 Å². The number of nitrogens with zero attached hydrogens (tertiary/aromatic N) is 2. The number of likely N-dealkylation sites (N-methyl/N-ethyl adjacent to an activating group) is 1. The first kappa shape index (κ1) is 19.0. The van der Waals surface area contributed by atoms with Crippen LogP contribution in [0.2, 0.25) is 0 Å². The van der Waals surface area contributed by atoms with Gasteiger partial charge in [-0.25, -0.2) is 0 Å². The Morgan fingerprint density at radius 2 is 2.14 bits per heavy atom. The van der Waals surface area contributed by atoms with Crippen LogP contribution in [0.4, 0.5) is 0 Å². The van der Waals surface area contributed by atoms with E-state index in [2.05, 4.69) is 15.5 Å². The van der Waals surface area contributed by atoms with E-state index in [1.54, 1.807) is 7.05 Å². The number of rotatable bonds is 12. The first-order chi connectivity index (χ1) is 10.5. The number of nitro groups is 1. The molecule has 0 saturated heterocycles. The van der Waals surface area contributed by atoms with E-state index < -0.39 is 0 Å². The van der Waals surface area contributed by atoms with Crippen LogP contribution in [0, 0.1) is 10.1 Å². The van der Waals surface area contributed by atoms with Gasteiger partial charge in [-0.05, 0) is 52.0 Å². The van der Waals surface area contributed by atoms with Crippen molar-refractivity contribution in [1.82, 2.24) is 15.5 Å². The second-order valence-electron chi connectivity index (χ2n) is 5.32. The fourth-order valence-electron chi connectivity index (χ4n) is 1.93. The lowest BCUT2D eigenvalue weighted by Crippen LogP contribution is -2.45. The average Bonchev–Trinajstić information content (AvgIpc) is 2.87. The van der Waals surface area contributed by atoms with Crippen LogP contribution in [0.1, 0.15) is 17.9 Å². The van der Waals surface area contributed by atoms with Gasteiger partial charge in [0.2, 0.25) is 6.54 Å². The number of hydrogen-bond acceptors (Lipinski definition) is 7. The van der Waals surface area contributed by atoms with E-state index in [1.165, 1.54) is 0 Å². The molecule has 0 amide bonds. The van der Waals surface area contributed by atoms with Gasteiger partial charge in [-0.3, -0.25) is 20.7 Å². The van der Waals surface area contributed by atoms with Crippen molar-refractivity contribution in [3.8, 4) is 0 Å². The lowest BCUT2D eigenvalue weighted by molar-refractivity contribution is -0.484. The molecule has 7 nitrogen and oxygen atoms in total. The lowest BCUT2D eigenvalue weighted by atomic mass is 10.4. The highest BCUT2D eigenvalue weighted by Crippen LogP contribution is 2.16. The second-order valence-corrected chi connectivity index (χ2v) is 6.43. The first-order valence-corrected chi connectivity index (χ1v) is 8.49. The van der Waals surface area contributed by atoms with Crippen LogP contribution in [0.3, 0.4) is 0 Å². The highest BCUT2D eigenvalue weighted by Gasteiger charge is 2.11. The summed E-state index contributed by atoms with van der Waals surface area (Å²) in [5.74, 6) is 3.83. The van der Waals surface area contributed by atoms with Crippen LogP contribution < -0.4 is 10.6 Å². The highest BCUT2D eigenvalue weighted by molar-refractivity contribution is 7.98. The molecule has 0 bridgehead atoms. The number of furan rings is 1. The summed E-state index contributed by atoms with van der Waals surface area (Å²) in [5.41, 5.74) is 0. The summed E-state index contributed by atoms with van der Waals surface area (Å²) in [6.07, 6.45) is 0.699. The Kier molecular flexibility index (Phi) is 9.14. The van der Waals surface area contributed by atoms with Gasteiger partial charge < -0.3 is 9.32 Å². The Morgan fingerprint density at radius 3 is 2.77 bits per heavy atom. The summed E-state index contributed by atoms with van der Waals surface area (Å²) >= 11 is 1.81. The fraction of sp³-hybridized carbons (Fsp3) is 0.714. The maximum absolute atomic E-state index is 10.4. The van der Waals surface area contributed by atoms with Gasteiger partial charge in [-0.2, -0.15) is 11.8 Å². The minimum absolute atomic E-state index is 0.106. The molecular weight excluding hydrogens is 304 g/mol. The molecule has 1 atom stereocenters. The van der Waals surface area contributed by atoms with Crippen LogP contribution in [0.25, 0.3) is 0 Å². The highest BCUT2D eigenvalue weighted by atomic mass is 32.2. The van der Waals surface area contributed by atoms with E-state index in [4.69, 9.17) is 4.42 Å². The van der Waals surface area contributed by atoms with E-state index in [1.807, 2.05) is 38.0 Å². The lowest BCUT2D eigenvalue weighted by Gasteiger charge is -2.13. The van der Waals surface area contributed by atoms with Crippen LogP contribution in [0.15, 0.2) is 16.5 Å². The van der Waals surface area contributed by atoms with Gasteiger partial charge in [0.1, 0.15) is 17.7 Å². The summed E-state index contributed by atoms with van der Waals surface area (Å²) in [6.45, 7) is 1.47. The quantitative estimate of drug-likeness (QED) is 0.259. The fourth-order valence-corrected chi connectivity index (χ4v) is 2.78.